The zero-order chi connectivity index (χ0) is 13.8. The summed E-state index contributed by atoms with van der Waals surface area (Å²) in [6, 6.07) is 4.22. The van der Waals surface area contributed by atoms with Gasteiger partial charge < -0.3 is 9.26 Å². The van der Waals surface area contributed by atoms with Crippen LogP contribution in [0.15, 0.2) is 22.0 Å². The quantitative estimate of drug-likeness (QED) is 0.749. The molecule has 0 aromatic carbocycles. The highest BCUT2D eigenvalue weighted by Gasteiger charge is 2.29. The first-order chi connectivity index (χ1) is 9.85. The van der Waals surface area contributed by atoms with Crippen LogP contribution in [-0.2, 0) is 17.8 Å². The lowest BCUT2D eigenvalue weighted by Gasteiger charge is -2.18. The Morgan fingerprint density at radius 2 is 2.35 bits per heavy atom. The van der Waals surface area contributed by atoms with Gasteiger partial charge in [-0.15, -0.1) is 11.3 Å². The molecule has 1 aliphatic rings. The van der Waals surface area contributed by atoms with Gasteiger partial charge in [-0.25, -0.2) is 0 Å². The van der Waals surface area contributed by atoms with E-state index in [0.717, 1.165) is 18.9 Å². The molecule has 108 valence electrons. The van der Waals surface area contributed by atoms with Crippen LogP contribution in [0.25, 0.3) is 0 Å². The Kier molecular flexibility index (Phi) is 4.44. The largest absolute Gasteiger partial charge is 0.383 e. The average Bonchev–Trinajstić information content (AvgIpc) is 2.98. The zero-order valence-electron chi connectivity index (χ0n) is 11.6. The van der Waals surface area contributed by atoms with Gasteiger partial charge in [0.1, 0.15) is 0 Å². The zero-order valence-corrected chi connectivity index (χ0v) is 12.4. The van der Waals surface area contributed by atoms with Crippen LogP contribution in [-0.4, -0.2) is 35.3 Å². The molecule has 1 saturated carbocycles. The number of hydrogen-bond acceptors (Lipinski definition) is 6. The van der Waals surface area contributed by atoms with Gasteiger partial charge in [-0.1, -0.05) is 11.2 Å². The number of ether oxygens (including phenoxy) is 1. The summed E-state index contributed by atoms with van der Waals surface area (Å²) >= 11 is 1.77. The number of thiophene rings is 1. The third kappa shape index (κ3) is 3.65. The van der Waals surface area contributed by atoms with E-state index in [1.54, 1.807) is 18.4 Å². The van der Waals surface area contributed by atoms with E-state index < -0.39 is 0 Å². The summed E-state index contributed by atoms with van der Waals surface area (Å²) in [5, 5.41) is 6.17. The normalized spacial score (nSPS) is 15.1. The number of hydrogen-bond donors (Lipinski definition) is 0. The summed E-state index contributed by atoms with van der Waals surface area (Å²) in [6.07, 6.45) is 2.39. The summed E-state index contributed by atoms with van der Waals surface area (Å²) in [5.74, 6) is 2.12. The molecule has 1 fully saturated rings. The van der Waals surface area contributed by atoms with Crippen LogP contribution in [0.2, 0.25) is 0 Å². The Labute approximate surface area is 122 Å². The molecule has 2 heterocycles. The highest BCUT2D eigenvalue weighted by atomic mass is 32.1. The fourth-order valence-corrected chi connectivity index (χ4v) is 2.83. The van der Waals surface area contributed by atoms with E-state index >= 15 is 0 Å². The molecule has 0 aliphatic heterocycles. The Balaban J connectivity index is 1.61. The van der Waals surface area contributed by atoms with Crippen LogP contribution in [0, 0.1) is 0 Å². The molecule has 5 nitrogen and oxygen atoms in total. The summed E-state index contributed by atoms with van der Waals surface area (Å²) in [5.41, 5.74) is 0. The molecule has 1 aliphatic carbocycles. The minimum Gasteiger partial charge on any atom is -0.383 e. The molecule has 0 atom stereocenters. The molecule has 0 unspecified atom stereocenters. The monoisotopic (exact) mass is 293 g/mol. The summed E-state index contributed by atoms with van der Waals surface area (Å²) in [7, 11) is 1.72. The van der Waals surface area contributed by atoms with Crippen molar-refractivity contribution in [2.45, 2.75) is 31.8 Å². The van der Waals surface area contributed by atoms with E-state index in [1.807, 2.05) is 0 Å². The van der Waals surface area contributed by atoms with Crippen molar-refractivity contribution >= 4 is 11.3 Å². The van der Waals surface area contributed by atoms with Gasteiger partial charge in [-0.05, 0) is 24.3 Å². The van der Waals surface area contributed by atoms with Gasteiger partial charge in [0, 0.05) is 31.0 Å². The lowest BCUT2D eigenvalue weighted by atomic mass is 10.4. The number of methoxy groups -OCH3 is 1. The van der Waals surface area contributed by atoms with Crippen molar-refractivity contribution in [2.24, 2.45) is 0 Å². The average molecular weight is 293 g/mol. The van der Waals surface area contributed by atoms with Crippen LogP contribution in [0.1, 0.15) is 35.4 Å². The van der Waals surface area contributed by atoms with Crippen molar-refractivity contribution in [3.05, 3.63) is 34.1 Å². The first kappa shape index (κ1) is 13.7. The van der Waals surface area contributed by atoms with Crippen molar-refractivity contribution in [1.82, 2.24) is 15.0 Å². The molecular weight excluding hydrogens is 274 g/mol. The smallest absolute Gasteiger partial charge is 0.240 e. The molecule has 0 N–H and O–H groups in total. The fraction of sp³-hybridized carbons (Fsp3) is 0.571. The van der Waals surface area contributed by atoms with E-state index in [-0.39, 0.29) is 0 Å². The fourth-order valence-electron chi connectivity index (χ4n) is 2.09. The minimum absolute atomic E-state index is 0.539. The van der Waals surface area contributed by atoms with Crippen LogP contribution < -0.4 is 0 Å². The minimum atomic E-state index is 0.539. The summed E-state index contributed by atoms with van der Waals surface area (Å²) in [6.45, 7) is 3.13. The topological polar surface area (TPSA) is 51.4 Å². The maximum Gasteiger partial charge on any atom is 0.240 e. The molecule has 0 saturated heterocycles. The van der Waals surface area contributed by atoms with Crippen molar-refractivity contribution in [3.8, 4) is 0 Å². The van der Waals surface area contributed by atoms with E-state index in [0.29, 0.717) is 25.0 Å². The Morgan fingerprint density at radius 3 is 3.05 bits per heavy atom. The van der Waals surface area contributed by atoms with Gasteiger partial charge >= 0.3 is 0 Å². The third-order valence-corrected chi connectivity index (χ3v) is 4.22. The Hall–Kier alpha value is -1.24. The molecule has 6 heteroatoms. The van der Waals surface area contributed by atoms with Crippen LogP contribution in [0.4, 0.5) is 0 Å². The number of rotatable bonds is 8. The molecule has 0 bridgehead atoms. The Bertz CT molecular complexity index is 522. The number of aromatic nitrogens is 2. The van der Waals surface area contributed by atoms with E-state index in [2.05, 4.69) is 32.6 Å². The van der Waals surface area contributed by atoms with Gasteiger partial charge in [0.05, 0.1) is 13.2 Å². The lowest BCUT2D eigenvalue weighted by molar-refractivity contribution is 0.132. The van der Waals surface area contributed by atoms with Gasteiger partial charge in [0.15, 0.2) is 5.82 Å². The summed E-state index contributed by atoms with van der Waals surface area (Å²) < 4.78 is 10.5. The number of nitrogens with zero attached hydrogens (tertiary/aromatic N) is 3. The van der Waals surface area contributed by atoms with Crippen molar-refractivity contribution in [3.63, 3.8) is 0 Å². The Morgan fingerprint density at radius 1 is 1.45 bits per heavy atom. The van der Waals surface area contributed by atoms with Gasteiger partial charge in [0.25, 0.3) is 0 Å². The van der Waals surface area contributed by atoms with Crippen LogP contribution in [0.5, 0.6) is 0 Å². The molecule has 0 radical (unpaired) electrons. The molecule has 20 heavy (non-hydrogen) atoms. The van der Waals surface area contributed by atoms with Crippen molar-refractivity contribution in [1.29, 1.82) is 0 Å². The molecule has 2 aromatic rings. The SMILES string of the molecule is COCCN(Cc1nc(C2CC2)no1)Cc1cccs1. The lowest BCUT2D eigenvalue weighted by Crippen LogP contribution is -2.26. The third-order valence-electron chi connectivity index (χ3n) is 3.36. The van der Waals surface area contributed by atoms with Gasteiger partial charge in [-0.3, -0.25) is 4.90 Å². The standard InChI is InChI=1S/C14H19N3O2S/c1-18-7-6-17(9-12-3-2-8-20-12)10-13-15-14(16-19-13)11-4-5-11/h2-3,8,11H,4-7,9-10H2,1H3. The van der Waals surface area contributed by atoms with Crippen LogP contribution >= 0.6 is 11.3 Å². The molecule has 0 amide bonds. The van der Waals surface area contributed by atoms with Gasteiger partial charge in [0.2, 0.25) is 5.89 Å². The maximum atomic E-state index is 5.36. The second kappa shape index (κ2) is 6.47. The molecular formula is C14H19N3O2S. The first-order valence-corrected chi connectivity index (χ1v) is 7.79. The second-order valence-corrected chi connectivity index (χ2v) is 6.14. The van der Waals surface area contributed by atoms with Gasteiger partial charge in [-0.2, -0.15) is 4.98 Å². The molecule has 0 spiro atoms. The highest BCUT2D eigenvalue weighted by Crippen LogP contribution is 2.38. The van der Waals surface area contributed by atoms with E-state index in [1.165, 1.54) is 17.7 Å². The van der Waals surface area contributed by atoms with Crippen molar-refractivity contribution in [2.75, 3.05) is 20.3 Å². The van der Waals surface area contributed by atoms with Crippen LogP contribution in [0.3, 0.4) is 0 Å². The first-order valence-electron chi connectivity index (χ1n) is 6.91. The molecule has 2 aromatic heterocycles. The maximum absolute atomic E-state index is 5.36. The van der Waals surface area contributed by atoms with Crippen molar-refractivity contribution < 1.29 is 9.26 Å². The second-order valence-electron chi connectivity index (χ2n) is 5.10. The predicted octanol–water partition coefficient (Wildman–Crippen LogP) is 2.66. The summed E-state index contributed by atoms with van der Waals surface area (Å²) in [4.78, 5) is 8.11. The predicted molar refractivity (Wildman–Crippen MR) is 76.6 cm³/mol. The highest BCUT2D eigenvalue weighted by molar-refractivity contribution is 7.09. The van der Waals surface area contributed by atoms with E-state index in [9.17, 15) is 0 Å². The van der Waals surface area contributed by atoms with E-state index in [4.69, 9.17) is 9.26 Å². The molecule has 3 rings (SSSR count).